The average Bonchev–Trinajstić information content (AvgIpc) is 2.96. The van der Waals surface area contributed by atoms with E-state index in [0.29, 0.717) is 6.54 Å². The van der Waals surface area contributed by atoms with E-state index in [1.54, 1.807) is 4.90 Å². The second-order valence-electron chi connectivity index (χ2n) is 5.51. The van der Waals surface area contributed by atoms with Gasteiger partial charge in [-0.25, -0.2) is 0 Å². The molecule has 0 saturated heterocycles. The van der Waals surface area contributed by atoms with Gasteiger partial charge in [0.25, 0.3) is 0 Å². The first-order chi connectivity index (χ1) is 10.1. The van der Waals surface area contributed by atoms with Crippen molar-refractivity contribution in [2.45, 2.75) is 38.6 Å². The lowest BCUT2D eigenvalue weighted by Crippen LogP contribution is -2.36. The fraction of sp³-hybridized carbons (Fsp3) is 0.500. The first kappa shape index (κ1) is 16.0. The zero-order valence-corrected chi connectivity index (χ0v) is 13.5. The van der Waals surface area contributed by atoms with Crippen molar-refractivity contribution in [3.05, 3.63) is 34.3 Å². The Morgan fingerprint density at radius 1 is 1.29 bits per heavy atom. The zero-order valence-electron chi connectivity index (χ0n) is 11.9. The zero-order chi connectivity index (χ0) is 15.2. The molecule has 0 aromatic heterocycles. The van der Waals surface area contributed by atoms with E-state index >= 15 is 0 Å². The van der Waals surface area contributed by atoms with Crippen molar-refractivity contribution in [1.82, 2.24) is 4.90 Å². The van der Waals surface area contributed by atoms with Gasteiger partial charge in [0.1, 0.15) is 0 Å². The fourth-order valence-corrected chi connectivity index (χ4v) is 3.23. The van der Waals surface area contributed by atoms with Gasteiger partial charge in [-0.05, 0) is 30.5 Å². The highest BCUT2D eigenvalue weighted by atomic mass is 79.9. The largest absolute Gasteiger partial charge is 0.481 e. The van der Waals surface area contributed by atoms with E-state index in [0.717, 1.165) is 35.7 Å². The standard InChI is InChI=1S/C16H20BrNO3/c17-14-7-3-4-12(10-14)11-18(9-8-15(19)20)16(21)13-5-1-2-6-13/h3-4,7,10,13H,1-2,5-6,8-9,11H2,(H,19,20). The van der Waals surface area contributed by atoms with Gasteiger partial charge in [-0.3, -0.25) is 9.59 Å². The quantitative estimate of drug-likeness (QED) is 0.851. The molecular weight excluding hydrogens is 334 g/mol. The van der Waals surface area contributed by atoms with Crippen LogP contribution in [0.1, 0.15) is 37.7 Å². The molecule has 1 aromatic rings. The van der Waals surface area contributed by atoms with Gasteiger partial charge in [0.2, 0.25) is 5.91 Å². The highest BCUT2D eigenvalue weighted by molar-refractivity contribution is 9.10. The summed E-state index contributed by atoms with van der Waals surface area (Å²) in [5, 5.41) is 8.87. The second kappa shape index (κ2) is 7.59. The van der Waals surface area contributed by atoms with Crippen molar-refractivity contribution in [3.8, 4) is 0 Å². The van der Waals surface area contributed by atoms with Gasteiger partial charge >= 0.3 is 5.97 Å². The Morgan fingerprint density at radius 3 is 2.62 bits per heavy atom. The Hall–Kier alpha value is -1.36. The highest BCUT2D eigenvalue weighted by Gasteiger charge is 2.27. The van der Waals surface area contributed by atoms with E-state index in [1.165, 1.54) is 0 Å². The third kappa shape index (κ3) is 4.84. The lowest BCUT2D eigenvalue weighted by atomic mass is 10.1. The molecule has 0 heterocycles. The summed E-state index contributed by atoms with van der Waals surface area (Å²) >= 11 is 3.42. The van der Waals surface area contributed by atoms with E-state index in [9.17, 15) is 9.59 Å². The number of halogens is 1. The molecule has 1 saturated carbocycles. The maximum absolute atomic E-state index is 12.6. The Labute approximate surface area is 133 Å². The Kier molecular flexibility index (Phi) is 5.79. The summed E-state index contributed by atoms with van der Waals surface area (Å²) in [7, 11) is 0. The molecule has 2 rings (SSSR count). The molecule has 0 radical (unpaired) electrons. The molecule has 0 bridgehead atoms. The molecule has 1 aliphatic rings. The lowest BCUT2D eigenvalue weighted by Gasteiger charge is -2.25. The van der Waals surface area contributed by atoms with Gasteiger partial charge in [-0.2, -0.15) is 0 Å². The van der Waals surface area contributed by atoms with Crippen LogP contribution in [0.5, 0.6) is 0 Å². The fourth-order valence-electron chi connectivity index (χ4n) is 2.78. The molecule has 1 fully saturated rings. The van der Waals surface area contributed by atoms with Crippen LogP contribution in [0.15, 0.2) is 28.7 Å². The summed E-state index contributed by atoms with van der Waals surface area (Å²) in [4.78, 5) is 25.1. The number of carboxylic acid groups (broad SMARTS) is 1. The maximum Gasteiger partial charge on any atom is 0.305 e. The molecule has 0 aliphatic heterocycles. The van der Waals surface area contributed by atoms with Crippen LogP contribution in [0.3, 0.4) is 0 Å². The predicted octanol–water partition coefficient (Wildman–Crippen LogP) is 3.44. The molecule has 1 aliphatic carbocycles. The van der Waals surface area contributed by atoms with Gasteiger partial charge in [0.05, 0.1) is 6.42 Å². The summed E-state index contributed by atoms with van der Waals surface area (Å²) in [6.07, 6.45) is 4.05. The van der Waals surface area contributed by atoms with Crippen molar-refractivity contribution in [2.75, 3.05) is 6.54 Å². The molecule has 114 valence electrons. The molecule has 0 atom stereocenters. The number of aliphatic carboxylic acids is 1. The van der Waals surface area contributed by atoms with Gasteiger partial charge in [0.15, 0.2) is 0 Å². The van der Waals surface area contributed by atoms with Gasteiger partial charge in [0, 0.05) is 23.5 Å². The number of hydrogen-bond acceptors (Lipinski definition) is 2. The average molecular weight is 354 g/mol. The van der Waals surface area contributed by atoms with Crippen molar-refractivity contribution < 1.29 is 14.7 Å². The van der Waals surface area contributed by atoms with E-state index in [2.05, 4.69) is 15.9 Å². The van der Waals surface area contributed by atoms with Crippen LogP contribution in [0.4, 0.5) is 0 Å². The number of rotatable bonds is 6. The molecule has 1 N–H and O–H groups in total. The van der Waals surface area contributed by atoms with Gasteiger partial charge in [-0.1, -0.05) is 40.9 Å². The summed E-state index contributed by atoms with van der Waals surface area (Å²) in [5.74, 6) is -0.687. The van der Waals surface area contributed by atoms with E-state index in [1.807, 2.05) is 24.3 Å². The van der Waals surface area contributed by atoms with Crippen LogP contribution in [0.25, 0.3) is 0 Å². The normalized spacial score (nSPS) is 15.1. The van der Waals surface area contributed by atoms with Gasteiger partial charge < -0.3 is 10.0 Å². The van der Waals surface area contributed by atoms with Crippen LogP contribution < -0.4 is 0 Å². The number of benzene rings is 1. The summed E-state index contributed by atoms with van der Waals surface area (Å²) < 4.78 is 0.964. The topological polar surface area (TPSA) is 57.6 Å². The highest BCUT2D eigenvalue weighted by Crippen LogP contribution is 2.27. The van der Waals surface area contributed by atoms with Crippen LogP contribution in [-0.4, -0.2) is 28.4 Å². The lowest BCUT2D eigenvalue weighted by molar-refractivity contribution is -0.140. The molecule has 1 aromatic carbocycles. The van der Waals surface area contributed by atoms with Crippen LogP contribution in [0.2, 0.25) is 0 Å². The summed E-state index contributed by atoms with van der Waals surface area (Å²) in [5.41, 5.74) is 1.01. The minimum absolute atomic E-state index is 0.00748. The molecule has 5 heteroatoms. The third-order valence-corrected chi connectivity index (χ3v) is 4.37. The predicted molar refractivity (Wildman–Crippen MR) is 83.8 cm³/mol. The monoisotopic (exact) mass is 353 g/mol. The van der Waals surface area contributed by atoms with E-state index < -0.39 is 5.97 Å². The number of carbonyl (C=O) groups excluding carboxylic acids is 1. The molecule has 1 amide bonds. The number of hydrogen-bond donors (Lipinski definition) is 1. The number of nitrogens with zero attached hydrogens (tertiary/aromatic N) is 1. The number of amides is 1. The van der Waals surface area contributed by atoms with E-state index in [4.69, 9.17) is 5.11 Å². The Morgan fingerprint density at radius 2 is 2.00 bits per heavy atom. The van der Waals surface area contributed by atoms with E-state index in [-0.39, 0.29) is 24.8 Å². The van der Waals surface area contributed by atoms with Crippen LogP contribution >= 0.6 is 15.9 Å². The van der Waals surface area contributed by atoms with Crippen LogP contribution in [-0.2, 0) is 16.1 Å². The van der Waals surface area contributed by atoms with Gasteiger partial charge in [-0.15, -0.1) is 0 Å². The first-order valence-corrected chi connectivity index (χ1v) is 8.10. The Balaban J connectivity index is 2.07. The minimum atomic E-state index is -0.867. The van der Waals surface area contributed by atoms with Crippen molar-refractivity contribution in [3.63, 3.8) is 0 Å². The van der Waals surface area contributed by atoms with Crippen molar-refractivity contribution in [1.29, 1.82) is 0 Å². The van der Waals surface area contributed by atoms with Crippen LogP contribution in [0, 0.1) is 5.92 Å². The van der Waals surface area contributed by atoms with Crippen molar-refractivity contribution in [2.24, 2.45) is 5.92 Å². The second-order valence-corrected chi connectivity index (χ2v) is 6.43. The number of carboxylic acids is 1. The summed E-state index contributed by atoms with van der Waals surface area (Å²) in [6, 6.07) is 7.79. The molecule has 21 heavy (non-hydrogen) atoms. The maximum atomic E-state index is 12.6. The Bertz CT molecular complexity index is 512. The molecule has 0 spiro atoms. The van der Waals surface area contributed by atoms with Crippen molar-refractivity contribution >= 4 is 27.8 Å². The molecule has 4 nitrogen and oxygen atoms in total. The first-order valence-electron chi connectivity index (χ1n) is 7.31. The minimum Gasteiger partial charge on any atom is -0.481 e. The molecular formula is C16H20BrNO3. The third-order valence-electron chi connectivity index (χ3n) is 3.87. The smallest absolute Gasteiger partial charge is 0.305 e. The number of carbonyl (C=O) groups is 2. The SMILES string of the molecule is O=C(O)CCN(Cc1cccc(Br)c1)C(=O)C1CCCC1. The summed E-state index contributed by atoms with van der Waals surface area (Å²) in [6.45, 7) is 0.749. The molecule has 0 unspecified atom stereocenters.